The van der Waals surface area contributed by atoms with Gasteiger partial charge in [0.15, 0.2) is 5.82 Å². The van der Waals surface area contributed by atoms with Gasteiger partial charge < -0.3 is 15.0 Å². The van der Waals surface area contributed by atoms with Crippen LogP contribution in [0, 0.1) is 0 Å². The zero-order valence-electron chi connectivity index (χ0n) is 8.86. The minimum Gasteiger partial charge on any atom is -0.383 e. The standard InChI is InChI=1S/C9H17N3O2/c1-4-6(2)8-11-9(14-12-8)7(10)5-13-3/h6-7H,4-5,10H2,1-3H3. The summed E-state index contributed by atoms with van der Waals surface area (Å²) in [4.78, 5) is 4.22. The molecule has 2 atom stereocenters. The number of hydrogen-bond acceptors (Lipinski definition) is 5. The molecule has 5 nitrogen and oxygen atoms in total. The van der Waals surface area contributed by atoms with Crippen molar-refractivity contribution in [3.05, 3.63) is 11.7 Å². The molecule has 0 spiro atoms. The lowest BCUT2D eigenvalue weighted by atomic mass is 10.1. The molecule has 0 aliphatic heterocycles. The van der Waals surface area contributed by atoms with E-state index in [9.17, 15) is 0 Å². The fourth-order valence-corrected chi connectivity index (χ4v) is 1.03. The van der Waals surface area contributed by atoms with E-state index in [0.717, 1.165) is 6.42 Å². The van der Waals surface area contributed by atoms with E-state index >= 15 is 0 Å². The van der Waals surface area contributed by atoms with Crippen LogP contribution in [0.1, 0.15) is 43.9 Å². The van der Waals surface area contributed by atoms with Crippen LogP contribution in [0.2, 0.25) is 0 Å². The number of rotatable bonds is 5. The number of ether oxygens (including phenoxy) is 1. The molecule has 0 aromatic carbocycles. The van der Waals surface area contributed by atoms with Gasteiger partial charge in [0.05, 0.1) is 6.61 Å². The van der Waals surface area contributed by atoms with E-state index in [1.807, 2.05) is 0 Å². The minimum atomic E-state index is -0.328. The predicted molar refractivity (Wildman–Crippen MR) is 51.8 cm³/mol. The first-order valence-corrected chi connectivity index (χ1v) is 4.77. The number of aromatic nitrogens is 2. The Kier molecular flexibility index (Phi) is 4.03. The molecule has 0 fully saturated rings. The maximum absolute atomic E-state index is 5.74. The zero-order valence-corrected chi connectivity index (χ0v) is 8.86. The average Bonchev–Trinajstić information content (AvgIpc) is 2.66. The van der Waals surface area contributed by atoms with Crippen LogP contribution >= 0.6 is 0 Å². The third-order valence-electron chi connectivity index (χ3n) is 2.17. The SMILES string of the molecule is CCC(C)c1noc(C(N)COC)n1. The number of methoxy groups -OCH3 is 1. The molecule has 1 rings (SSSR count). The summed E-state index contributed by atoms with van der Waals surface area (Å²) >= 11 is 0. The summed E-state index contributed by atoms with van der Waals surface area (Å²) in [6.07, 6.45) is 0.985. The molecule has 1 heterocycles. The second-order valence-corrected chi connectivity index (χ2v) is 3.36. The predicted octanol–water partition coefficient (Wildman–Crippen LogP) is 1.23. The Bertz CT molecular complexity index is 275. The molecule has 0 bridgehead atoms. The van der Waals surface area contributed by atoms with Crippen molar-refractivity contribution in [2.24, 2.45) is 5.73 Å². The van der Waals surface area contributed by atoms with Crippen molar-refractivity contribution in [2.45, 2.75) is 32.2 Å². The highest BCUT2D eigenvalue weighted by atomic mass is 16.5. The first-order chi connectivity index (χ1) is 6.69. The van der Waals surface area contributed by atoms with Crippen LogP contribution in [0.4, 0.5) is 0 Å². The van der Waals surface area contributed by atoms with Crippen molar-refractivity contribution in [1.29, 1.82) is 0 Å². The summed E-state index contributed by atoms with van der Waals surface area (Å²) in [6.45, 7) is 4.52. The van der Waals surface area contributed by atoms with Crippen LogP contribution < -0.4 is 5.73 Å². The van der Waals surface area contributed by atoms with Gasteiger partial charge in [0.1, 0.15) is 6.04 Å². The molecule has 1 aromatic rings. The molecule has 0 radical (unpaired) electrons. The van der Waals surface area contributed by atoms with E-state index in [1.54, 1.807) is 7.11 Å². The fraction of sp³-hybridized carbons (Fsp3) is 0.778. The second kappa shape index (κ2) is 5.07. The summed E-state index contributed by atoms with van der Waals surface area (Å²) < 4.78 is 9.94. The Morgan fingerprint density at radius 3 is 2.86 bits per heavy atom. The van der Waals surface area contributed by atoms with Crippen molar-refractivity contribution in [3.63, 3.8) is 0 Å². The summed E-state index contributed by atoms with van der Waals surface area (Å²) in [6, 6.07) is -0.328. The van der Waals surface area contributed by atoms with Crippen molar-refractivity contribution < 1.29 is 9.26 Å². The van der Waals surface area contributed by atoms with Crippen LogP contribution in [0.5, 0.6) is 0 Å². The Morgan fingerprint density at radius 1 is 1.57 bits per heavy atom. The van der Waals surface area contributed by atoms with Gasteiger partial charge in [0, 0.05) is 13.0 Å². The van der Waals surface area contributed by atoms with E-state index in [1.165, 1.54) is 0 Å². The molecular weight excluding hydrogens is 182 g/mol. The molecule has 0 aliphatic rings. The highest BCUT2D eigenvalue weighted by Gasteiger charge is 2.16. The Morgan fingerprint density at radius 2 is 2.29 bits per heavy atom. The van der Waals surface area contributed by atoms with Crippen LogP contribution in [-0.2, 0) is 4.74 Å². The molecular formula is C9H17N3O2. The van der Waals surface area contributed by atoms with Crippen molar-refractivity contribution in [3.8, 4) is 0 Å². The molecule has 80 valence electrons. The first kappa shape index (κ1) is 11.1. The Hall–Kier alpha value is -0.940. The molecule has 0 aliphatic carbocycles. The fourth-order valence-electron chi connectivity index (χ4n) is 1.03. The Labute approximate surface area is 83.6 Å². The Balaban J connectivity index is 2.67. The molecule has 0 amide bonds. The van der Waals surface area contributed by atoms with Crippen LogP contribution in [-0.4, -0.2) is 23.9 Å². The summed E-state index contributed by atoms with van der Waals surface area (Å²) in [5.41, 5.74) is 5.74. The number of nitrogens with zero attached hydrogens (tertiary/aromatic N) is 2. The quantitative estimate of drug-likeness (QED) is 0.772. The number of hydrogen-bond donors (Lipinski definition) is 1. The monoisotopic (exact) mass is 199 g/mol. The topological polar surface area (TPSA) is 74.2 Å². The van der Waals surface area contributed by atoms with Gasteiger partial charge in [0.2, 0.25) is 5.89 Å². The largest absolute Gasteiger partial charge is 0.383 e. The molecule has 1 aromatic heterocycles. The number of nitrogens with two attached hydrogens (primary N) is 1. The summed E-state index contributed by atoms with van der Waals surface area (Å²) in [7, 11) is 1.59. The van der Waals surface area contributed by atoms with Gasteiger partial charge in [-0.05, 0) is 6.42 Å². The van der Waals surface area contributed by atoms with E-state index in [4.69, 9.17) is 15.0 Å². The molecule has 5 heteroatoms. The highest BCUT2D eigenvalue weighted by molar-refractivity contribution is 4.96. The third-order valence-corrected chi connectivity index (χ3v) is 2.17. The van der Waals surface area contributed by atoms with E-state index < -0.39 is 0 Å². The van der Waals surface area contributed by atoms with Crippen LogP contribution in [0.15, 0.2) is 4.52 Å². The van der Waals surface area contributed by atoms with Crippen molar-refractivity contribution >= 4 is 0 Å². The summed E-state index contributed by atoms with van der Waals surface area (Å²) in [5, 5.41) is 3.87. The maximum Gasteiger partial charge on any atom is 0.245 e. The highest BCUT2D eigenvalue weighted by Crippen LogP contribution is 2.16. The van der Waals surface area contributed by atoms with Crippen LogP contribution in [0.25, 0.3) is 0 Å². The maximum atomic E-state index is 5.74. The smallest absolute Gasteiger partial charge is 0.245 e. The van der Waals surface area contributed by atoms with Gasteiger partial charge >= 0.3 is 0 Å². The molecule has 2 unspecified atom stereocenters. The molecule has 0 saturated carbocycles. The zero-order chi connectivity index (χ0) is 10.6. The first-order valence-electron chi connectivity index (χ1n) is 4.77. The average molecular weight is 199 g/mol. The van der Waals surface area contributed by atoms with Gasteiger partial charge in [-0.1, -0.05) is 19.0 Å². The van der Waals surface area contributed by atoms with Crippen molar-refractivity contribution in [2.75, 3.05) is 13.7 Å². The second-order valence-electron chi connectivity index (χ2n) is 3.36. The lowest BCUT2D eigenvalue weighted by Gasteiger charge is -2.03. The minimum absolute atomic E-state index is 0.308. The summed E-state index contributed by atoms with van der Waals surface area (Å²) in [5.74, 6) is 1.47. The van der Waals surface area contributed by atoms with E-state index in [2.05, 4.69) is 24.0 Å². The van der Waals surface area contributed by atoms with Crippen molar-refractivity contribution in [1.82, 2.24) is 10.1 Å². The van der Waals surface area contributed by atoms with E-state index in [0.29, 0.717) is 24.2 Å². The lowest BCUT2D eigenvalue weighted by molar-refractivity contribution is 0.166. The van der Waals surface area contributed by atoms with Gasteiger partial charge in [-0.3, -0.25) is 0 Å². The third kappa shape index (κ3) is 2.52. The van der Waals surface area contributed by atoms with Gasteiger partial charge in [0.25, 0.3) is 0 Å². The lowest BCUT2D eigenvalue weighted by Crippen LogP contribution is -2.16. The molecule has 14 heavy (non-hydrogen) atoms. The van der Waals surface area contributed by atoms with Gasteiger partial charge in [-0.2, -0.15) is 4.98 Å². The molecule has 2 N–H and O–H groups in total. The normalized spacial score (nSPS) is 15.4. The van der Waals surface area contributed by atoms with Crippen LogP contribution in [0.3, 0.4) is 0 Å². The van der Waals surface area contributed by atoms with Gasteiger partial charge in [-0.15, -0.1) is 0 Å². The van der Waals surface area contributed by atoms with Gasteiger partial charge in [-0.25, -0.2) is 0 Å². The van der Waals surface area contributed by atoms with E-state index in [-0.39, 0.29) is 6.04 Å². The molecule has 0 saturated heterocycles.